The number of rotatable bonds is 4. The van der Waals surface area contributed by atoms with Crippen molar-refractivity contribution >= 4 is 16.9 Å². The van der Waals surface area contributed by atoms with E-state index in [1.807, 2.05) is 32.0 Å². The molecule has 0 bridgehead atoms. The Kier molecular flexibility index (Phi) is 3.93. The highest BCUT2D eigenvalue weighted by molar-refractivity contribution is 5.99. The highest BCUT2D eigenvalue weighted by atomic mass is 16.5. The molecule has 2 N–H and O–H groups in total. The van der Waals surface area contributed by atoms with Gasteiger partial charge in [-0.25, -0.2) is 0 Å². The van der Waals surface area contributed by atoms with Crippen LogP contribution in [0.5, 0.6) is 5.75 Å². The quantitative estimate of drug-likeness (QED) is 0.760. The Morgan fingerprint density at radius 1 is 1.36 bits per heavy atom. The largest absolute Gasteiger partial charge is 0.482 e. The second-order valence-corrected chi connectivity index (χ2v) is 6.22. The van der Waals surface area contributed by atoms with E-state index in [1.54, 1.807) is 12.4 Å². The number of carbonyl (C=O) groups is 1. The number of hydrogen-bond donors (Lipinski definition) is 2. The number of hydrogen-bond acceptors (Lipinski definition) is 5. The summed E-state index contributed by atoms with van der Waals surface area (Å²) in [5.41, 5.74) is 2.59. The zero-order chi connectivity index (χ0) is 17.4. The maximum Gasteiger partial charge on any atom is 0.287 e. The summed E-state index contributed by atoms with van der Waals surface area (Å²) in [4.78, 5) is 12.7. The Labute approximate surface area is 144 Å². The van der Waals surface area contributed by atoms with Crippen molar-refractivity contribution in [1.82, 2.24) is 15.5 Å². The van der Waals surface area contributed by atoms with Gasteiger partial charge < -0.3 is 19.2 Å². The molecule has 1 saturated heterocycles. The van der Waals surface area contributed by atoms with E-state index >= 15 is 0 Å². The summed E-state index contributed by atoms with van der Waals surface area (Å²) in [5.74, 6) is 0.688. The average molecular weight is 341 g/mol. The first-order valence-corrected chi connectivity index (χ1v) is 8.16. The van der Waals surface area contributed by atoms with Gasteiger partial charge in [-0.2, -0.15) is 5.10 Å². The van der Waals surface area contributed by atoms with Crippen LogP contribution in [0.2, 0.25) is 0 Å². The lowest BCUT2D eigenvalue weighted by Crippen LogP contribution is -2.45. The van der Waals surface area contributed by atoms with Crippen molar-refractivity contribution in [2.75, 3.05) is 13.2 Å². The highest BCUT2D eigenvalue weighted by Crippen LogP contribution is 2.28. The third-order valence-electron chi connectivity index (χ3n) is 4.47. The Bertz CT molecular complexity index is 901. The molecule has 3 aromatic rings. The second kappa shape index (κ2) is 6.25. The number of nitrogens with zero attached hydrogens (tertiary/aromatic N) is 1. The fourth-order valence-corrected chi connectivity index (χ4v) is 3.10. The number of benzene rings is 1. The van der Waals surface area contributed by atoms with Gasteiger partial charge in [0.2, 0.25) is 0 Å². The number of fused-ring (bicyclic) bond motifs is 1. The van der Waals surface area contributed by atoms with Crippen molar-refractivity contribution in [3.05, 3.63) is 47.5 Å². The number of H-pyrrole nitrogens is 1. The van der Waals surface area contributed by atoms with Crippen LogP contribution in [0.15, 0.2) is 35.0 Å². The minimum atomic E-state index is -0.270. The standard InChI is InChI=1S/C18H19N3O4/c1-10-4-3-5-13-11(2)17(25-16(10)13)18(22)21-14-8-23-9-15(14)24-12-6-19-20-7-12/h3-7,14-15H,8-9H2,1-2H3,(H,19,20)(H,21,22)/t14-,15+/m0/s1. The first kappa shape index (κ1) is 15.7. The monoisotopic (exact) mass is 341 g/mol. The molecule has 0 spiro atoms. The molecule has 0 saturated carbocycles. The fraction of sp³-hybridized carbons (Fsp3) is 0.333. The van der Waals surface area contributed by atoms with Crippen LogP contribution < -0.4 is 10.1 Å². The van der Waals surface area contributed by atoms with Crippen molar-refractivity contribution in [2.24, 2.45) is 0 Å². The van der Waals surface area contributed by atoms with Crippen LogP contribution in [-0.4, -0.2) is 41.5 Å². The van der Waals surface area contributed by atoms with Gasteiger partial charge in [-0.1, -0.05) is 18.2 Å². The molecule has 0 radical (unpaired) electrons. The summed E-state index contributed by atoms with van der Waals surface area (Å²) in [7, 11) is 0. The molecule has 7 nitrogen and oxygen atoms in total. The van der Waals surface area contributed by atoms with E-state index in [2.05, 4.69) is 15.5 Å². The van der Waals surface area contributed by atoms with E-state index in [4.69, 9.17) is 13.9 Å². The van der Waals surface area contributed by atoms with Crippen LogP contribution in [0.3, 0.4) is 0 Å². The van der Waals surface area contributed by atoms with Gasteiger partial charge in [-0.05, 0) is 19.4 Å². The molecule has 2 atom stereocenters. The molecule has 7 heteroatoms. The second-order valence-electron chi connectivity index (χ2n) is 6.22. The van der Waals surface area contributed by atoms with Gasteiger partial charge in [0.1, 0.15) is 11.7 Å². The van der Waals surface area contributed by atoms with Crippen LogP contribution in [0, 0.1) is 13.8 Å². The molecular weight excluding hydrogens is 322 g/mol. The van der Waals surface area contributed by atoms with Gasteiger partial charge in [0.25, 0.3) is 5.91 Å². The number of aromatic amines is 1. The van der Waals surface area contributed by atoms with Gasteiger partial charge >= 0.3 is 0 Å². The first-order chi connectivity index (χ1) is 12.1. The van der Waals surface area contributed by atoms with Crippen LogP contribution in [0.25, 0.3) is 11.0 Å². The number of nitrogens with one attached hydrogen (secondary N) is 2. The van der Waals surface area contributed by atoms with Crippen LogP contribution in [0.4, 0.5) is 0 Å². The Morgan fingerprint density at radius 2 is 2.24 bits per heavy atom. The van der Waals surface area contributed by atoms with Crippen LogP contribution >= 0.6 is 0 Å². The maximum absolute atomic E-state index is 12.7. The summed E-state index contributed by atoms with van der Waals surface area (Å²) in [6.45, 7) is 4.66. The minimum Gasteiger partial charge on any atom is -0.482 e. The molecule has 1 aliphatic rings. The van der Waals surface area contributed by atoms with Gasteiger partial charge in [-0.3, -0.25) is 9.89 Å². The summed E-state index contributed by atoms with van der Waals surface area (Å²) in [5, 5.41) is 10.5. The van der Waals surface area contributed by atoms with Crippen molar-refractivity contribution in [1.29, 1.82) is 0 Å². The van der Waals surface area contributed by atoms with Gasteiger partial charge in [-0.15, -0.1) is 0 Å². The van der Waals surface area contributed by atoms with Gasteiger partial charge in [0, 0.05) is 10.9 Å². The maximum atomic E-state index is 12.7. The molecule has 1 aliphatic heterocycles. The molecule has 1 amide bonds. The lowest BCUT2D eigenvalue weighted by Gasteiger charge is -2.19. The van der Waals surface area contributed by atoms with Crippen molar-refractivity contribution in [3.8, 4) is 5.75 Å². The Morgan fingerprint density at radius 3 is 3.00 bits per heavy atom. The van der Waals surface area contributed by atoms with E-state index in [1.165, 1.54) is 0 Å². The van der Waals surface area contributed by atoms with Crippen LogP contribution in [0.1, 0.15) is 21.7 Å². The number of para-hydroxylation sites is 1. The van der Waals surface area contributed by atoms with Crippen LogP contribution in [-0.2, 0) is 4.74 Å². The third-order valence-corrected chi connectivity index (χ3v) is 4.47. The highest BCUT2D eigenvalue weighted by Gasteiger charge is 2.33. The number of ether oxygens (including phenoxy) is 2. The molecule has 1 aromatic carbocycles. The summed E-state index contributed by atoms with van der Waals surface area (Å²) in [6.07, 6.45) is 2.97. The van der Waals surface area contributed by atoms with Crippen molar-refractivity contribution in [3.63, 3.8) is 0 Å². The minimum absolute atomic E-state index is 0.254. The molecule has 25 heavy (non-hydrogen) atoms. The molecule has 3 heterocycles. The number of aryl methyl sites for hydroxylation is 2. The molecule has 1 fully saturated rings. The summed E-state index contributed by atoms with van der Waals surface area (Å²) >= 11 is 0. The third kappa shape index (κ3) is 2.87. The van der Waals surface area contributed by atoms with Crippen molar-refractivity contribution in [2.45, 2.75) is 26.0 Å². The zero-order valence-corrected chi connectivity index (χ0v) is 14.0. The summed E-state index contributed by atoms with van der Waals surface area (Å²) < 4.78 is 17.1. The normalized spacial score (nSPS) is 20.1. The molecule has 0 aliphatic carbocycles. The zero-order valence-electron chi connectivity index (χ0n) is 14.0. The topological polar surface area (TPSA) is 89.4 Å². The predicted molar refractivity (Wildman–Crippen MR) is 90.8 cm³/mol. The SMILES string of the molecule is Cc1c(C(=O)N[C@H]2COC[C@H]2Oc2cn[nH]c2)oc2c(C)cccc12. The Balaban J connectivity index is 1.53. The van der Waals surface area contributed by atoms with Crippen molar-refractivity contribution < 1.29 is 18.7 Å². The predicted octanol–water partition coefficient (Wildman–Crippen LogP) is 2.35. The molecule has 0 unspecified atom stereocenters. The average Bonchev–Trinajstić information content (AvgIpc) is 3.31. The lowest BCUT2D eigenvalue weighted by atomic mass is 10.1. The smallest absolute Gasteiger partial charge is 0.287 e. The number of amides is 1. The van der Waals surface area contributed by atoms with E-state index in [0.29, 0.717) is 24.7 Å². The van der Waals surface area contributed by atoms with Gasteiger partial charge in [0.05, 0.1) is 31.6 Å². The molecule has 2 aromatic heterocycles. The Hall–Kier alpha value is -2.80. The van der Waals surface area contributed by atoms with E-state index < -0.39 is 0 Å². The van der Waals surface area contributed by atoms with E-state index in [9.17, 15) is 4.79 Å². The van der Waals surface area contributed by atoms with Gasteiger partial charge in [0.15, 0.2) is 11.5 Å². The molecular formula is C18H19N3O4. The van der Waals surface area contributed by atoms with E-state index in [-0.39, 0.29) is 18.1 Å². The molecule has 130 valence electrons. The fourth-order valence-electron chi connectivity index (χ4n) is 3.10. The molecule has 4 rings (SSSR count). The number of carbonyl (C=O) groups excluding carboxylic acids is 1. The van der Waals surface area contributed by atoms with E-state index in [0.717, 1.165) is 22.1 Å². The number of aromatic nitrogens is 2. The lowest BCUT2D eigenvalue weighted by molar-refractivity contribution is 0.0877. The number of furan rings is 1. The summed E-state index contributed by atoms with van der Waals surface area (Å²) in [6, 6.07) is 5.63. The first-order valence-electron chi connectivity index (χ1n) is 8.16.